The van der Waals surface area contributed by atoms with Gasteiger partial charge < -0.3 is 9.47 Å². The summed E-state index contributed by atoms with van der Waals surface area (Å²) < 4.78 is 40.6. The van der Waals surface area contributed by atoms with E-state index in [1.54, 1.807) is 22.5 Å². The second-order valence-corrected chi connectivity index (χ2v) is 11.3. The first kappa shape index (κ1) is 19.1. The molecule has 3 fully saturated rings. The average molecular weight is 431 g/mol. The van der Waals surface area contributed by atoms with Gasteiger partial charge in [0.1, 0.15) is 13.2 Å². The van der Waals surface area contributed by atoms with E-state index in [0.717, 1.165) is 25.8 Å². The third kappa shape index (κ3) is 3.00. The van der Waals surface area contributed by atoms with Crippen molar-refractivity contribution >= 4 is 10.0 Å². The van der Waals surface area contributed by atoms with Crippen LogP contribution in [-0.2, 0) is 10.0 Å². The number of fused-ring (bicyclic) bond motifs is 7. The molecule has 2 bridgehead atoms. The van der Waals surface area contributed by atoms with Gasteiger partial charge in [0.25, 0.3) is 0 Å². The molecule has 30 heavy (non-hydrogen) atoms. The molecular weight excluding hydrogens is 400 g/mol. The lowest BCUT2D eigenvalue weighted by Gasteiger charge is -2.54. The SMILES string of the molecule is O=S(=O)(c1ccc2c(c1)OCCO2)N1CCCC2=C[C@H]3C[C@H](CN4CCCC[C@H]34)[C@@H]21. The maximum absolute atomic E-state index is 13.8. The summed E-state index contributed by atoms with van der Waals surface area (Å²) in [6, 6.07) is 5.74. The summed E-state index contributed by atoms with van der Waals surface area (Å²) >= 11 is 0. The van der Waals surface area contributed by atoms with E-state index >= 15 is 0 Å². The van der Waals surface area contributed by atoms with Gasteiger partial charge in [0.15, 0.2) is 11.5 Å². The molecule has 0 amide bonds. The summed E-state index contributed by atoms with van der Waals surface area (Å²) in [5, 5.41) is 0. The Bertz CT molecular complexity index is 975. The minimum atomic E-state index is -3.59. The Morgan fingerprint density at radius 3 is 2.77 bits per heavy atom. The summed E-state index contributed by atoms with van der Waals surface area (Å²) in [5.74, 6) is 2.17. The highest BCUT2D eigenvalue weighted by atomic mass is 32.2. The summed E-state index contributed by atoms with van der Waals surface area (Å²) in [5.41, 5.74) is 1.37. The molecule has 4 aliphatic heterocycles. The molecule has 0 radical (unpaired) electrons. The molecule has 3 saturated heterocycles. The Morgan fingerprint density at radius 2 is 1.87 bits per heavy atom. The minimum Gasteiger partial charge on any atom is -0.486 e. The van der Waals surface area contributed by atoms with Gasteiger partial charge in [-0.15, -0.1) is 0 Å². The zero-order valence-corrected chi connectivity index (χ0v) is 18.1. The van der Waals surface area contributed by atoms with E-state index in [0.29, 0.717) is 54.0 Å². The summed E-state index contributed by atoms with van der Waals surface area (Å²) in [4.78, 5) is 2.97. The first-order valence-electron chi connectivity index (χ1n) is 11.5. The van der Waals surface area contributed by atoms with Crippen LogP contribution in [0.2, 0.25) is 0 Å². The number of hydrogen-bond acceptors (Lipinski definition) is 5. The van der Waals surface area contributed by atoms with Crippen LogP contribution >= 0.6 is 0 Å². The van der Waals surface area contributed by atoms with Gasteiger partial charge in [-0.25, -0.2) is 8.42 Å². The number of sulfonamides is 1. The van der Waals surface area contributed by atoms with Crippen LogP contribution in [0.5, 0.6) is 11.5 Å². The van der Waals surface area contributed by atoms with Crippen LogP contribution in [0.3, 0.4) is 0 Å². The van der Waals surface area contributed by atoms with Gasteiger partial charge in [-0.1, -0.05) is 18.1 Å². The first-order chi connectivity index (χ1) is 14.6. The van der Waals surface area contributed by atoms with Crippen molar-refractivity contribution in [2.75, 3.05) is 32.8 Å². The van der Waals surface area contributed by atoms with Gasteiger partial charge in [0.05, 0.1) is 10.9 Å². The van der Waals surface area contributed by atoms with Gasteiger partial charge in [-0.05, 0) is 62.6 Å². The maximum Gasteiger partial charge on any atom is 0.243 e. The fourth-order valence-electron chi connectivity index (χ4n) is 6.51. The third-order valence-corrected chi connectivity index (χ3v) is 9.61. The van der Waals surface area contributed by atoms with Gasteiger partial charge in [0.2, 0.25) is 10.0 Å². The van der Waals surface area contributed by atoms with Gasteiger partial charge in [-0.3, -0.25) is 4.90 Å². The van der Waals surface area contributed by atoms with Crippen molar-refractivity contribution in [3.63, 3.8) is 0 Å². The molecule has 6 nitrogen and oxygen atoms in total. The molecule has 7 heteroatoms. The van der Waals surface area contributed by atoms with Gasteiger partial charge >= 0.3 is 0 Å². The van der Waals surface area contributed by atoms with Crippen molar-refractivity contribution in [2.24, 2.45) is 11.8 Å². The van der Waals surface area contributed by atoms with Crippen molar-refractivity contribution in [1.29, 1.82) is 0 Å². The lowest BCUT2D eigenvalue weighted by Crippen LogP contribution is -2.59. The maximum atomic E-state index is 13.8. The largest absolute Gasteiger partial charge is 0.486 e. The molecule has 0 unspecified atom stereocenters. The Morgan fingerprint density at radius 1 is 1.00 bits per heavy atom. The second-order valence-electron chi connectivity index (χ2n) is 9.43. The van der Waals surface area contributed by atoms with Crippen molar-refractivity contribution in [3.05, 3.63) is 29.8 Å². The monoisotopic (exact) mass is 430 g/mol. The van der Waals surface area contributed by atoms with Crippen molar-refractivity contribution < 1.29 is 17.9 Å². The van der Waals surface area contributed by atoms with Crippen LogP contribution in [0.4, 0.5) is 0 Å². The standard InChI is InChI=1S/C23H30N2O4S/c26-30(27,19-6-7-21-22(14-19)29-11-10-28-21)25-9-3-4-16-12-17-13-18(23(16)25)15-24-8-2-1-5-20(17)24/h6-7,12,14,17-18,20,23H,1-5,8-11,13,15H2/t17-,18+,20+,23+/m0/s1. The summed E-state index contributed by atoms with van der Waals surface area (Å²) in [6.07, 6.45) is 9.44. The number of ether oxygens (including phenoxy) is 2. The number of piperidine rings is 3. The molecular formula is C23H30N2O4S. The summed E-state index contributed by atoms with van der Waals surface area (Å²) in [7, 11) is -3.59. The Labute approximate surface area is 178 Å². The molecule has 0 spiro atoms. The lowest BCUT2D eigenvalue weighted by molar-refractivity contribution is 0.0149. The number of rotatable bonds is 2. The molecule has 0 saturated carbocycles. The predicted molar refractivity (Wildman–Crippen MR) is 113 cm³/mol. The van der Waals surface area contributed by atoms with Crippen molar-refractivity contribution in [1.82, 2.24) is 9.21 Å². The first-order valence-corrected chi connectivity index (χ1v) is 12.9. The highest BCUT2D eigenvalue weighted by molar-refractivity contribution is 7.89. The van der Waals surface area contributed by atoms with Crippen LogP contribution < -0.4 is 9.47 Å². The van der Waals surface area contributed by atoms with Gasteiger partial charge in [0, 0.05) is 25.2 Å². The quantitative estimate of drug-likeness (QED) is 0.675. The van der Waals surface area contributed by atoms with Crippen LogP contribution in [0.15, 0.2) is 34.7 Å². The predicted octanol–water partition coefficient (Wildman–Crippen LogP) is 3.04. The highest BCUT2D eigenvalue weighted by Gasteiger charge is 2.48. The molecule has 4 atom stereocenters. The van der Waals surface area contributed by atoms with E-state index in [-0.39, 0.29) is 6.04 Å². The number of hydrogen-bond donors (Lipinski definition) is 0. The Balaban J connectivity index is 1.35. The van der Waals surface area contributed by atoms with Crippen LogP contribution in [0, 0.1) is 11.8 Å². The van der Waals surface area contributed by atoms with Crippen molar-refractivity contribution in [3.8, 4) is 11.5 Å². The molecule has 1 aromatic carbocycles. The third-order valence-electron chi connectivity index (χ3n) is 7.73. The van der Waals surface area contributed by atoms with E-state index in [4.69, 9.17) is 9.47 Å². The Hall–Kier alpha value is -1.57. The van der Waals surface area contributed by atoms with Crippen LogP contribution in [0.1, 0.15) is 38.5 Å². The smallest absolute Gasteiger partial charge is 0.243 e. The Kier molecular flexibility index (Phi) is 4.62. The van der Waals surface area contributed by atoms with Gasteiger partial charge in [-0.2, -0.15) is 4.31 Å². The zero-order valence-electron chi connectivity index (χ0n) is 17.3. The van der Waals surface area contributed by atoms with E-state index < -0.39 is 10.0 Å². The lowest BCUT2D eigenvalue weighted by atomic mass is 9.68. The molecule has 1 aromatic rings. The summed E-state index contributed by atoms with van der Waals surface area (Å²) in [6.45, 7) is 3.76. The molecule has 1 aliphatic carbocycles. The fourth-order valence-corrected chi connectivity index (χ4v) is 8.26. The molecule has 0 N–H and O–H groups in total. The van der Waals surface area contributed by atoms with Crippen molar-refractivity contribution in [2.45, 2.75) is 55.5 Å². The topological polar surface area (TPSA) is 59.1 Å². The fraction of sp³-hybridized carbons (Fsp3) is 0.652. The molecule has 5 aliphatic rings. The minimum absolute atomic E-state index is 0.0103. The molecule has 4 heterocycles. The molecule has 6 rings (SSSR count). The van der Waals surface area contributed by atoms with Crippen LogP contribution in [0.25, 0.3) is 0 Å². The van der Waals surface area contributed by atoms with Crippen LogP contribution in [-0.4, -0.2) is 62.6 Å². The number of nitrogens with zero attached hydrogens (tertiary/aromatic N) is 2. The zero-order chi connectivity index (χ0) is 20.3. The second kappa shape index (κ2) is 7.24. The molecule has 162 valence electrons. The van der Waals surface area contributed by atoms with E-state index in [2.05, 4.69) is 11.0 Å². The van der Waals surface area contributed by atoms with E-state index in [1.165, 1.54) is 31.4 Å². The molecule has 0 aromatic heterocycles. The highest BCUT2D eigenvalue weighted by Crippen LogP contribution is 2.46. The van der Waals surface area contributed by atoms with E-state index in [1.807, 2.05) is 0 Å². The number of benzene rings is 1. The average Bonchev–Trinajstić information content (AvgIpc) is 2.78. The normalized spacial score (nSPS) is 33.9. The van der Waals surface area contributed by atoms with E-state index in [9.17, 15) is 8.42 Å².